The number of hydrogen-bond donors (Lipinski definition) is 3. The van der Waals surface area contributed by atoms with Crippen molar-refractivity contribution in [2.24, 2.45) is 11.3 Å². The van der Waals surface area contributed by atoms with Gasteiger partial charge in [0, 0.05) is 80.3 Å². The number of nitrogens with one attached hydrogen (secondary N) is 3. The number of hydrogen-bond acceptors (Lipinski definition) is 14. The Balaban J connectivity index is 0.867. The molecule has 0 bridgehead atoms. The number of nitro benzene ring substituents is 1. The molecule has 1 amide bonds. The number of piperidine rings is 1. The van der Waals surface area contributed by atoms with Crippen LogP contribution in [0, 0.1) is 21.4 Å². The second-order valence-electron chi connectivity index (χ2n) is 20.3. The fourth-order valence-corrected chi connectivity index (χ4v) is 12.9. The first-order chi connectivity index (χ1) is 33.9. The normalized spacial score (nSPS) is 22.9. The molecule has 7 heterocycles. The summed E-state index contributed by atoms with van der Waals surface area (Å²) in [6.45, 7) is 9.46. The van der Waals surface area contributed by atoms with Gasteiger partial charge in [0.1, 0.15) is 28.9 Å². The van der Waals surface area contributed by atoms with E-state index >= 15 is 0 Å². The Morgan fingerprint density at radius 2 is 1.76 bits per heavy atom. The van der Waals surface area contributed by atoms with Gasteiger partial charge >= 0.3 is 0 Å². The van der Waals surface area contributed by atoms with Crippen molar-refractivity contribution in [1.29, 1.82) is 0 Å². The Kier molecular flexibility index (Phi) is 12.6. The fourth-order valence-electron chi connectivity index (χ4n) is 12.0. The van der Waals surface area contributed by atoms with E-state index in [1.54, 1.807) is 6.07 Å². The van der Waals surface area contributed by atoms with E-state index in [2.05, 4.69) is 62.9 Å². The first-order valence-electron chi connectivity index (χ1n) is 25.0. The third-order valence-electron chi connectivity index (χ3n) is 15.6. The zero-order valence-electron chi connectivity index (χ0n) is 39.8. The highest BCUT2D eigenvalue weighted by Gasteiger charge is 2.50. The van der Waals surface area contributed by atoms with Crippen molar-refractivity contribution >= 4 is 55.4 Å². The van der Waals surface area contributed by atoms with Crippen LogP contribution in [0.1, 0.15) is 93.6 Å². The van der Waals surface area contributed by atoms with Crippen LogP contribution in [-0.2, 0) is 19.5 Å². The van der Waals surface area contributed by atoms with Gasteiger partial charge in [0.2, 0.25) is 5.88 Å². The van der Waals surface area contributed by atoms with E-state index < -0.39 is 31.4 Å². The summed E-state index contributed by atoms with van der Waals surface area (Å²) in [6, 6.07) is 22.2. The lowest BCUT2D eigenvalue weighted by Gasteiger charge is -2.56. The molecule has 4 saturated heterocycles. The Hall–Kier alpha value is -5.95. The number of nitrogens with zero attached hydrogens (tertiary/aromatic N) is 5. The Labute approximate surface area is 408 Å². The molecule has 5 aromatic rings. The zero-order chi connectivity index (χ0) is 48.1. The predicted octanol–water partition coefficient (Wildman–Crippen LogP) is 8.49. The van der Waals surface area contributed by atoms with Crippen LogP contribution in [0.5, 0.6) is 11.6 Å². The number of amides is 1. The van der Waals surface area contributed by atoms with Crippen LogP contribution < -0.4 is 29.3 Å². The van der Waals surface area contributed by atoms with Gasteiger partial charge in [-0.15, -0.1) is 0 Å². The van der Waals surface area contributed by atoms with Gasteiger partial charge in [-0.1, -0.05) is 18.2 Å². The number of H-pyrrole nitrogens is 1. The van der Waals surface area contributed by atoms with Crippen molar-refractivity contribution in [1.82, 2.24) is 19.6 Å². The molecule has 3 aromatic carbocycles. The standard InChI is InChI=1S/C52H62N8O9S/c1-33(2)68-47-8-4-3-6-39(47)42-7-5-20-58(42)37-29-52(30-37)17-21-57(22-18-52)36-9-11-40(43(27-36)59-45-26-35-13-19-53-49(35)55-51(45)69-48-16-25-67-32-46(48)59)50(61)56-70(64,65)38-10-12-41(44(28-38)60(62)63)54-31-34-14-23-66-24-15-34/h3-4,6,8-13,19,26-28,33-34,37,42,46,48,54H,5,7,14-18,20-25,29-32H2,1-2H3,(H,53,55)(H,56,61)/t42-,46+,48-/m0/s1. The second-order valence-corrected chi connectivity index (χ2v) is 22.0. The maximum atomic E-state index is 14.7. The molecule has 3 atom stereocenters. The topological polar surface area (TPSA) is 194 Å². The molecule has 3 N–H and O–H groups in total. The zero-order valence-corrected chi connectivity index (χ0v) is 40.6. The molecule has 0 radical (unpaired) electrons. The second kappa shape index (κ2) is 19.0. The predicted molar refractivity (Wildman–Crippen MR) is 266 cm³/mol. The van der Waals surface area contributed by atoms with Crippen LogP contribution in [0.15, 0.2) is 83.9 Å². The number of carbonyl (C=O) groups is 1. The minimum atomic E-state index is -4.60. The molecule has 5 fully saturated rings. The molecule has 1 spiro atoms. The van der Waals surface area contributed by atoms with E-state index in [0.717, 1.165) is 87.5 Å². The molecule has 370 valence electrons. The fraction of sp³-hybridized carbons (Fsp3) is 0.500. The highest BCUT2D eigenvalue weighted by Crippen LogP contribution is 2.55. The van der Waals surface area contributed by atoms with Gasteiger partial charge in [-0.3, -0.25) is 19.8 Å². The summed E-state index contributed by atoms with van der Waals surface area (Å²) in [6.07, 6.45) is 10.6. The first kappa shape index (κ1) is 46.4. The van der Waals surface area contributed by atoms with Crippen LogP contribution in [0.3, 0.4) is 0 Å². The van der Waals surface area contributed by atoms with Crippen LogP contribution in [0.2, 0.25) is 0 Å². The Morgan fingerprint density at radius 3 is 2.56 bits per heavy atom. The molecule has 5 aliphatic heterocycles. The number of likely N-dealkylation sites (tertiary alicyclic amines) is 1. The van der Waals surface area contributed by atoms with Gasteiger partial charge in [0.15, 0.2) is 0 Å². The Bertz CT molecular complexity index is 2870. The van der Waals surface area contributed by atoms with Crippen LogP contribution >= 0.6 is 0 Å². The number of nitro groups is 1. The maximum absolute atomic E-state index is 14.7. The summed E-state index contributed by atoms with van der Waals surface area (Å²) < 4.78 is 54.9. The molecule has 11 rings (SSSR count). The average molecular weight is 975 g/mol. The van der Waals surface area contributed by atoms with E-state index in [0.29, 0.717) is 74.4 Å². The smallest absolute Gasteiger partial charge is 0.293 e. The van der Waals surface area contributed by atoms with E-state index in [9.17, 15) is 23.3 Å². The van der Waals surface area contributed by atoms with Gasteiger partial charge < -0.3 is 39.0 Å². The van der Waals surface area contributed by atoms with Crippen molar-refractivity contribution in [2.45, 2.75) is 107 Å². The monoisotopic (exact) mass is 974 g/mol. The summed E-state index contributed by atoms with van der Waals surface area (Å²) in [7, 11) is -4.60. The van der Waals surface area contributed by atoms with Gasteiger partial charge in [0.25, 0.3) is 21.6 Å². The number of benzene rings is 3. The van der Waals surface area contributed by atoms with Gasteiger partial charge in [-0.2, -0.15) is 4.98 Å². The molecule has 1 saturated carbocycles. The first-order valence-corrected chi connectivity index (χ1v) is 26.5. The van der Waals surface area contributed by atoms with E-state index in [1.807, 2.05) is 35.4 Å². The third kappa shape index (κ3) is 9.03. The van der Waals surface area contributed by atoms with Crippen molar-refractivity contribution in [3.8, 4) is 11.6 Å². The van der Waals surface area contributed by atoms with Crippen molar-refractivity contribution in [3.05, 3.63) is 100 Å². The average Bonchev–Trinajstić information content (AvgIpc) is 4.03. The lowest BCUT2D eigenvalue weighted by atomic mass is 9.60. The number of para-hydroxylation sites is 1. The molecule has 6 aliphatic rings. The molecule has 1 aliphatic carbocycles. The Morgan fingerprint density at radius 1 is 0.957 bits per heavy atom. The summed E-state index contributed by atoms with van der Waals surface area (Å²) in [5.41, 5.74) is 4.16. The van der Waals surface area contributed by atoms with Gasteiger partial charge in [-0.05, 0) is 132 Å². The number of ether oxygens (including phenoxy) is 4. The highest BCUT2D eigenvalue weighted by atomic mass is 32.2. The minimum absolute atomic E-state index is 0.110. The molecular formula is C52H62N8O9S. The quantitative estimate of drug-likeness (QED) is 0.0751. The van der Waals surface area contributed by atoms with E-state index in [1.165, 1.54) is 24.1 Å². The number of rotatable bonds is 13. The largest absolute Gasteiger partial charge is 0.491 e. The van der Waals surface area contributed by atoms with Crippen molar-refractivity contribution in [2.75, 3.05) is 67.7 Å². The number of pyridine rings is 1. The van der Waals surface area contributed by atoms with Crippen molar-refractivity contribution < 1.29 is 37.1 Å². The number of aromatic nitrogens is 2. The summed E-state index contributed by atoms with van der Waals surface area (Å²) in [5.74, 6) is 0.787. The van der Waals surface area contributed by atoms with E-state index in [4.69, 9.17) is 23.9 Å². The molecular weight excluding hydrogens is 913 g/mol. The van der Waals surface area contributed by atoms with Crippen LogP contribution in [0.25, 0.3) is 11.0 Å². The van der Waals surface area contributed by atoms with Gasteiger partial charge in [0.05, 0.1) is 46.4 Å². The van der Waals surface area contributed by atoms with E-state index in [-0.39, 0.29) is 40.8 Å². The van der Waals surface area contributed by atoms with Crippen LogP contribution in [-0.4, -0.2) is 111 Å². The maximum Gasteiger partial charge on any atom is 0.293 e. The number of fused-ring (bicyclic) bond motifs is 3. The molecule has 18 heteroatoms. The summed E-state index contributed by atoms with van der Waals surface area (Å²) in [5, 5.41) is 16.3. The SMILES string of the molecule is CC(C)Oc1ccccc1[C@@H]1CCCN1C1CC2(CCN(c3ccc(C(=O)NS(=O)(=O)c4ccc(NCC5CCOCC5)c([N+](=O)[O-])c4)c(N4c5cc6cc[nH]c6nc5O[C@H]5CCOC[C@H]54)c3)CC2)C1. The molecule has 2 aromatic heterocycles. The summed E-state index contributed by atoms with van der Waals surface area (Å²) in [4.78, 5) is 41.1. The molecule has 70 heavy (non-hydrogen) atoms. The number of anilines is 4. The number of aromatic amines is 1. The van der Waals surface area contributed by atoms with Gasteiger partial charge in [-0.25, -0.2) is 13.1 Å². The minimum Gasteiger partial charge on any atom is -0.491 e. The lowest BCUT2D eigenvalue weighted by Crippen LogP contribution is -2.55. The van der Waals surface area contributed by atoms with Crippen molar-refractivity contribution in [3.63, 3.8) is 0 Å². The highest BCUT2D eigenvalue weighted by molar-refractivity contribution is 7.90. The molecule has 0 unspecified atom stereocenters. The number of sulfonamides is 1. The third-order valence-corrected chi connectivity index (χ3v) is 17.0. The number of carbonyl (C=O) groups excluding carboxylic acids is 1. The lowest BCUT2D eigenvalue weighted by molar-refractivity contribution is -0.384. The molecule has 17 nitrogen and oxygen atoms in total. The summed E-state index contributed by atoms with van der Waals surface area (Å²) >= 11 is 0. The van der Waals surface area contributed by atoms with Crippen LogP contribution in [0.4, 0.5) is 28.4 Å².